The summed E-state index contributed by atoms with van der Waals surface area (Å²) in [6.07, 6.45) is 3.76. The number of benzene rings is 2. The van der Waals surface area contributed by atoms with Crippen molar-refractivity contribution in [1.29, 1.82) is 0 Å². The Morgan fingerprint density at radius 1 is 0.769 bits per heavy atom. The second-order valence-electron chi connectivity index (χ2n) is 7.89. The van der Waals surface area contributed by atoms with Crippen LogP contribution in [0.3, 0.4) is 0 Å². The number of aromatic hydroxyl groups is 2. The first-order chi connectivity index (χ1) is 12.2. The Labute approximate surface area is 158 Å². The smallest absolute Gasteiger partial charge is 0.127 e. The lowest BCUT2D eigenvalue weighted by atomic mass is 9.85. The van der Waals surface area contributed by atoms with Crippen molar-refractivity contribution in [2.24, 2.45) is 5.92 Å². The summed E-state index contributed by atoms with van der Waals surface area (Å²) in [4.78, 5) is 0. The Morgan fingerprint density at radius 3 is 1.69 bits per heavy atom. The maximum atomic E-state index is 11.2. The number of aryl methyl sites for hydroxylation is 4. The average Bonchev–Trinajstić information content (AvgIpc) is 2.57. The molecule has 2 heteroatoms. The van der Waals surface area contributed by atoms with Crippen molar-refractivity contribution in [3.8, 4) is 22.6 Å². The van der Waals surface area contributed by atoms with E-state index in [0.29, 0.717) is 17.4 Å². The summed E-state index contributed by atoms with van der Waals surface area (Å²) in [6, 6.07) is 4.28. The quantitative estimate of drug-likeness (QED) is 0.618. The Bertz CT molecular complexity index is 803. The summed E-state index contributed by atoms with van der Waals surface area (Å²) >= 11 is 0. The topological polar surface area (TPSA) is 40.5 Å². The van der Waals surface area contributed by atoms with Gasteiger partial charge in [0.15, 0.2) is 0 Å². The van der Waals surface area contributed by atoms with Crippen LogP contribution in [0.15, 0.2) is 12.1 Å². The van der Waals surface area contributed by atoms with Crippen molar-refractivity contribution in [3.63, 3.8) is 0 Å². The molecular formula is C24H34O2. The molecule has 2 aromatic rings. The standard InChI is InChI=1S/C24H34O2/c1-8-10-19-15(4)12-17(6)21(23(19)25)22-18(7)13-16(5)20(24(22)26)11-14(3)9-2/h12-14,25-26H,8-11H2,1-7H3/t14-/m0/s1. The first-order valence-electron chi connectivity index (χ1n) is 9.87. The van der Waals surface area contributed by atoms with Gasteiger partial charge in [0.1, 0.15) is 11.5 Å². The van der Waals surface area contributed by atoms with Crippen LogP contribution < -0.4 is 0 Å². The van der Waals surface area contributed by atoms with Crippen molar-refractivity contribution >= 4 is 0 Å². The van der Waals surface area contributed by atoms with Crippen LogP contribution in [0.5, 0.6) is 11.5 Å². The molecule has 1 atom stereocenters. The van der Waals surface area contributed by atoms with Gasteiger partial charge in [-0.2, -0.15) is 0 Å². The lowest BCUT2D eigenvalue weighted by molar-refractivity contribution is 0.453. The molecule has 26 heavy (non-hydrogen) atoms. The molecule has 2 nitrogen and oxygen atoms in total. The third kappa shape index (κ3) is 3.75. The van der Waals surface area contributed by atoms with Gasteiger partial charge in [0.2, 0.25) is 0 Å². The van der Waals surface area contributed by atoms with E-state index in [4.69, 9.17) is 0 Å². The van der Waals surface area contributed by atoms with Crippen LogP contribution in [0.1, 0.15) is 67.0 Å². The van der Waals surface area contributed by atoms with Crippen molar-refractivity contribution < 1.29 is 10.2 Å². The normalized spacial score (nSPS) is 12.4. The van der Waals surface area contributed by atoms with Gasteiger partial charge >= 0.3 is 0 Å². The number of phenolic OH excluding ortho intramolecular Hbond substituents is 2. The molecule has 0 saturated carbocycles. The maximum Gasteiger partial charge on any atom is 0.127 e. The number of rotatable bonds is 6. The molecule has 0 saturated heterocycles. The number of phenols is 2. The Hall–Kier alpha value is -1.96. The molecule has 0 fully saturated rings. The zero-order chi connectivity index (χ0) is 19.6. The second-order valence-corrected chi connectivity index (χ2v) is 7.89. The molecule has 0 aliphatic heterocycles. The monoisotopic (exact) mass is 354 g/mol. The molecule has 0 aromatic heterocycles. The van der Waals surface area contributed by atoms with Gasteiger partial charge in [0, 0.05) is 11.1 Å². The van der Waals surface area contributed by atoms with Gasteiger partial charge in [-0.3, -0.25) is 0 Å². The zero-order valence-corrected chi connectivity index (χ0v) is 17.5. The molecule has 0 aliphatic carbocycles. The fraction of sp³-hybridized carbons (Fsp3) is 0.500. The molecule has 0 spiro atoms. The van der Waals surface area contributed by atoms with Crippen LogP contribution in [0.25, 0.3) is 11.1 Å². The highest BCUT2D eigenvalue weighted by Crippen LogP contribution is 2.45. The lowest BCUT2D eigenvalue weighted by Gasteiger charge is -2.22. The van der Waals surface area contributed by atoms with Gasteiger partial charge < -0.3 is 10.2 Å². The van der Waals surface area contributed by atoms with E-state index in [-0.39, 0.29) is 0 Å². The first-order valence-corrected chi connectivity index (χ1v) is 9.87. The minimum atomic E-state index is 0.334. The molecule has 2 aromatic carbocycles. The fourth-order valence-electron chi connectivity index (χ4n) is 3.96. The summed E-state index contributed by atoms with van der Waals surface area (Å²) in [5.74, 6) is 1.19. The molecule has 0 heterocycles. The molecule has 142 valence electrons. The summed E-state index contributed by atoms with van der Waals surface area (Å²) in [5.41, 5.74) is 7.86. The van der Waals surface area contributed by atoms with E-state index in [0.717, 1.165) is 70.2 Å². The Balaban J connectivity index is 2.77. The van der Waals surface area contributed by atoms with Crippen LogP contribution in [-0.4, -0.2) is 10.2 Å². The summed E-state index contributed by atoms with van der Waals surface area (Å²) in [5, 5.41) is 22.2. The largest absolute Gasteiger partial charge is 0.507 e. The van der Waals surface area contributed by atoms with Gasteiger partial charge in [0.05, 0.1) is 0 Å². The van der Waals surface area contributed by atoms with E-state index in [1.807, 2.05) is 13.8 Å². The van der Waals surface area contributed by atoms with E-state index in [2.05, 4.69) is 46.8 Å². The van der Waals surface area contributed by atoms with Crippen LogP contribution >= 0.6 is 0 Å². The molecule has 2 rings (SSSR count). The summed E-state index contributed by atoms with van der Waals surface area (Å²) < 4.78 is 0. The molecular weight excluding hydrogens is 320 g/mol. The van der Waals surface area contributed by atoms with Gasteiger partial charge in [-0.05, 0) is 79.8 Å². The van der Waals surface area contributed by atoms with E-state index in [9.17, 15) is 10.2 Å². The maximum absolute atomic E-state index is 11.2. The predicted molar refractivity (Wildman–Crippen MR) is 111 cm³/mol. The van der Waals surface area contributed by atoms with Crippen LogP contribution in [0.4, 0.5) is 0 Å². The van der Waals surface area contributed by atoms with Gasteiger partial charge in [-0.15, -0.1) is 0 Å². The summed E-state index contributed by atoms with van der Waals surface area (Å²) in [7, 11) is 0. The SMILES string of the molecule is CCCc1c(C)cc(C)c(-c2c(C)cc(C)c(C[C@@H](C)CC)c2O)c1O. The number of hydrogen-bond acceptors (Lipinski definition) is 2. The van der Waals surface area contributed by atoms with Gasteiger partial charge in [0.25, 0.3) is 0 Å². The second kappa shape index (κ2) is 8.16. The van der Waals surface area contributed by atoms with Crippen molar-refractivity contribution in [2.45, 2.75) is 74.1 Å². The predicted octanol–water partition coefficient (Wildman–Crippen LogP) is 6.54. The van der Waals surface area contributed by atoms with Crippen LogP contribution in [-0.2, 0) is 12.8 Å². The minimum absolute atomic E-state index is 0.334. The molecule has 0 bridgehead atoms. The molecule has 0 amide bonds. The first kappa shape index (κ1) is 20.4. The fourth-order valence-corrected chi connectivity index (χ4v) is 3.96. The highest BCUT2D eigenvalue weighted by Gasteiger charge is 2.22. The molecule has 0 unspecified atom stereocenters. The zero-order valence-electron chi connectivity index (χ0n) is 17.5. The van der Waals surface area contributed by atoms with E-state index in [1.54, 1.807) is 0 Å². The Morgan fingerprint density at radius 2 is 1.23 bits per heavy atom. The molecule has 0 radical (unpaired) electrons. The van der Waals surface area contributed by atoms with Crippen molar-refractivity contribution in [2.75, 3.05) is 0 Å². The molecule has 2 N–H and O–H groups in total. The molecule has 0 aliphatic rings. The van der Waals surface area contributed by atoms with E-state index >= 15 is 0 Å². The number of hydrogen-bond donors (Lipinski definition) is 2. The highest BCUT2D eigenvalue weighted by molar-refractivity contribution is 5.84. The van der Waals surface area contributed by atoms with Gasteiger partial charge in [-0.1, -0.05) is 45.7 Å². The van der Waals surface area contributed by atoms with E-state index < -0.39 is 0 Å². The highest BCUT2D eigenvalue weighted by atomic mass is 16.3. The van der Waals surface area contributed by atoms with Gasteiger partial charge in [-0.25, -0.2) is 0 Å². The van der Waals surface area contributed by atoms with Crippen LogP contribution in [0, 0.1) is 33.6 Å². The third-order valence-corrected chi connectivity index (χ3v) is 5.65. The van der Waals surface area contributed by atoms with E-state index in [1.165, 1.54) is 0 Å². The Kier molecular flexibility index (Phi) is 6.39. The van der Waals surface area contributed by atoms with Crippen molar-refractivity contribution in [3.05, 3.63) is 45.5 Å². The minimum Gasteiger partial charge on any atom is -0.507 e. The summed E-state index contributed by atoms with van der Waals surface area (Å²) in [6.45, 7) is 14.7. The van der Waals surface area contributed by atoms with Crippen molar-refractivity contribution in [1.82, 2.24) is 0 Å². The lowest BCUT2D eigenvalue weighted by Crippen LogP contribution is -2.03. The third-order valence-electron chi connectivity index (χ3n) is 5.65. The van der Waals surface area contributed by atoms with Crippen LogP contribution in [0.2, 0.25) is 0 Å². The average molecular weight is 355 g/mol.